The van der Waals surface area contributed by atoms with E-state index in [1.165, 1.54) is 5.06 Å². The van der Waals surface area contributed by atoms with Crippen molar-refractivity contribution in [1.29, 1.82) is 0 Å². The molecule has 0 amide bonds. The van der Waals surface area contributed by atoms with Crippen LogP contribution in [0.5, 0.6) is 0 Å². The monoisotopic (exact) mass is 393 g/mol. The van der Waals surface area contributed by atoms with E-state index >= 15 is 0 Å². The molecule has 2 atom stereocenters. The molecule has 3 nitrogen and oxygen atoms in total. The standard InChI is InChI=1S/C24H24ClNO2/c1-23(2,19-9-5-3-6-10-19)26(27)22(18-13-15-21(25)16-14-18)24(17-28-24)20-11-7-4-8-12-20/h3-16,22,27H,17H2,1-2H3/t22-,24+/m1/s1. The summed E-state index contributed by atoms with van der Waals surface area (Å²) in [4.78, 5) is 0. The normalized spacial score (nSPS) is 20.2. The fourth-order valence-corrected chi connectivity index (χ4v) is 3.96. The maximum Gasteiger partial charge on any atom is 0.138 e. The number of hydrogen-bond donors (Lipinski definition) is 1. The van der Waals surface area contributed by atoms with Crippen molar-refractivity contribution in [3.63, 3.8) is 0 Å². The molecule has 1 saturated heterocycles. The van der Waals surface area contributed by atoms with Gasteiger partial charge in [-0.1, -0.05) is 84.4 Å². The van der Waals surface area contributed by atoms with Crippen molar-refractivity contribution in [3.05, 3.63) is 107 Å². The summed E-state index contributed by atoms with van der Waals surface area (Å²) < 4.78 is 6.05. The third-order valence-electron chi connectivity index (χ3n) is 5.64. The van der Waals surface area contributed by atoms with Gasteiger partial charge in [0, 0.05) is 5.02 Å². The Morgan fingerprint density at radius 2 is 1.46 bits per heavy atom. The molecule has 0 aliphatic carbocycles. The molecule has 0 spiro atoms. The molecule has 0 unspecified atom stereocenters. The summed E-state index contributed by atoms with van der Waals surface area (Å²) in [6, 6.07) is 27.4. The topological polar surface area (TPSA) is 36.0 Å². The maximum absolute atomic E-state index is 11.6. The first-order chi connectivity index (χ1) is 13.4. The van der Waals surface area contributed by atoms with Crippen LogP contribution in [0, 0.1) is 0 Å². The minimum absolute atomic E-state index is 0.387. The van der Waals surface area contributed by atoms with Crippen molar-refractivity contribution >= 4 is 11.6 Å². The van der Waals surface area contributed by atoms with E-state index < -0.39 is 11.1 Å². The zero-order chi connectivity index (χ0) is 19.8. The molecule has 0 saturated carbocycles. The van der Waals surface area contributed by atoms with Gasteiger partial charge >= 0.3 is 0 Å². The second-order valence-electron chi connectivity index (χ2n) is 7.77. The van der Waals surface area contributed by atoms with E-state index in [2.05, 4.69) is 12.1 Å². The number of nitrogens with zero attached hydrogens (tertiary/aromatic N) is 1. The van der Waals surface area contributed by atoms with E-state index in [0.717, 1.165) is 16.7 Å². The van der Waals surface area contributed by atoms with Gasteiger partial charge in [0.05, 0.1) is 18.2 Å². The zero-order valence-corrected chi connectivity index (χ0v) is 16.8. The first-order valence-electron chi connectivity index (χ1n) is 9.44. The van der Waals surface area contributed by atoms with E-state index in [4.69, 9.17) is 16.3 Å². The zero-order valence-electron chi connectivity index (χ0n) is 16.0. The largest absolute Gasteiger partial charge is 0.362 e. The highest BCUT2D eigenvalue weighted by Crippen LogP contribution is 2.53. The molecule has 0 radical (unpaired) electrons. The van der Waals surface area contributed by atoms with E-state index in [1.807, 2.05) is 86.6 Å². The van der Waals surface area contributed by atoms with Crippen LogP contribution in [0.2, 0.25) is 5.02 Å². The third kappa shape index (κ3) is 3.36. The maximum atomic E-state index is 11.6. The molecule has 1 fully saturated rings. The van der Waals surface area contributed by atoms with Crippen LogP contribution in [0.15, 0.2) is 84.9 Å². The van der Waals surface area contributed by atoms with Crippen LogP contribution in [0.3, 0.4) is 0 Å². The van der Waals surface area contributed by atoms with Gasteiger partial charge in [-0.25, -0.2) is 0 Å². The number of rotatable bonds is 6. The van der Waals surface area contributed by atoms with E-state index in [0.29, 0.717) is 11.6 Å². The van der Waals surface area contributed by atoms with Crippen LogP contribution in [0.4, 0.5) is 0 Å². The smallest absolute Gasteiger partial charge is 0.138 e. The summed E-state index contributed by atoms with van der Waals surface area (Å²) in [5, 5.41) is 13.7. The number of benzene rings is 3. The van der Waals surface area contributed by atoms with Gasteiger partial charge in [0.1, 0.15) is 5.60 Å². The molecule has 3 aromatic rings. The molecule has 1 aliphatic rings. The molecule has 4 heteroatoms. The second-order valence-corrected chi connectivity index (χ2v) is 8.20. The van der Waals surface area contributed by atoms with Gasteiger partial charge in [-0.15, -0.1) is 0 Å². The first-order valence-corrected chi connectivity index (χ1v) is 9.82. The lowest BCUT2D eigenvalue weighted by molar-refractivity contribution is -0.215. The Bertz CT molecular complexity index is 922. The van der Waals surface area contributed by atoms with Crippen molar-refractivity contribution in [1.82, 2.24) is 5.06 Å². The summed E-state index contributed by atoms with van der Waals surface area (Å²) in [7, 11) is 0. The van der Waals surface area contributed by atoms with Crippen LogP contribution in [0.1, 0.15) is 36.6 Å². The van der Waals surface area contributed by atoms with E-state index in [-0.39, 0.29) is 6.04 Å². The Kier molecular flexibility index (Phi) is 5.02. The number of hydrogen-bond acceptors (Lipinski definition) is 3. The molecule has 0 aromatic heterocycles. The SMILES string of the molecule is CC(C)(c1ccccc1)N(O)[C@H](c1ccc(Cl)cc1)[C@@]1(c2ccccc2)CO1. The van der Waals surface area contributed by atoms with Crippen molar-refractivity contribution < 1.29 is 9.94 Å². The van der Waals surface area contributed by atoms with Crippen molar-refractivity contribution in [2.75, 3.05) is 6.61 Å². The number of halogens is 1. The number of hydroxylamine groups is 2. The highest BCUT2D eigenvalue weighted by molar-refractivity contribution is 6.30. The second kappa shape index (κ2) is 7.34. The molecule has 4 rings (SSSR count). The van der Waals surface area contributed by atoms with Crippen LogP contribution in [-0.4, -0.2) is 16.9 Å². The molecule has 0 bridgehead atoms. The molecule has 1 heterocycles. The van der Waals surface area contributed by atoms with E-state index in [9.17, 15) is 5.21 Å². The fourth-order valence-electron chi connectivity index (χ4n) is 3.83. The Hall–Kier alpha value is -2.17. The van der Waals surface area contributed by atoms with Crippen LogP contribution in [0.25, 0.3) is 0 Å². The highest BCUT2D eigenvalue weighted by atomic mass is 35.5. The predicted octanol–water partition coefficient (Wildman–Crippen LogP) is 5.93. The lowest BCUT2D eigenvalue weighted by Gasteiger charge is -2.42. The number of epoxide rings is 1. The summed E-state index contributed by atoms with van der Waals surface area (Å²) in [6.07, 6.45) is 0. The van der Waals surface area contributed by atoms with Gasteiger partial charge in [0.25, 0.3) is 0 Å². The molecular weight excluding hydrogens is 370 g/mol. The summed E-state index contributed by atoms with van der Waals surface area (Å²) in [5.74, 6) is 0. The van der Waals surface area contributed by atoms with Gasteiger partial charge in [-0.2, -0.15) is 5.06 Å². The van der Waals surface area contributed by atoms with Gasteiger partial charge < -0.3 is 9.94 Å². The summed E-state index contributed by atoms with van der Waals surface area (Å²) in [6.45, 7) is 4.59. The predicted molar refractivity (Wildman–Crippen MR) is 111 cm³/mol. The Morgan fingerprint density at radius 1 is 0.929 bits per heavy atom. The molecule has 1 aliphatic heterocycles. The van der Waals surface area contributed by atoms with Crippen LogP contribution >= 0.6 is 11.6 Å². The van der Waals surface area contributed by atoms with Crippen molar-refractivity contribution in [3.8, 4) is 0 Å². The first kappa shape index (κ1) is 19.2. The average Bonchev–Trinajstić information content (AvgIpc) is 3.52. The van der Waals surface area contributed by atoms with Gasteiger partial charge in [-0.05, 0) is 42.7 Å². The summed E-state index contributed by atoms with van der Waals surface area (Å²) >= 11 is 6.12. The molecule has 3 aromatic carbocycles. The van der Waals surface area contributed by atoms with Gasteiger partial charge in [0.15, 0.2) is 0 Å². The fraction of sp³-hybridized carbons (Fsp3) is 0.250. The molecule has 1 N–H and O–H groups in total. The lowest BCUT2D eigenvalue weighted by Crippen LogP contribution is -2.46. The highest BCUT2D eigenvalue weighted by Gasteiger charge is 2.58. The van der Waals surface area contributed by atoms with E-state index in [1.54, 1.807) is 0 Å². The molecular formula is C24H24ClNO2. The lowest BCUT2D eigenvalue weighted by atomic mass is 9.83. The Balaban J connectivity index is 1.81. The van der Waals surface area contributed by atoms with Gasteiger partial charge in [0.2, 0.25) is 0 Å². The van der Waals surface area contributed by atoms with Gasteiger partial charge in [-0.3, -0.25) is 0 Å². The number of ether oxygens (including phenoxy) is 1. The van der Waals surface area contributed by atoms with Crippen LogP contribution < -0.4 is 0 Å². The summed E-state index contributed by atoms with van der Waals surface area (Å²) in [5.41, 5.74) is 1.81. The van der Waals surface area contributed by atoms with Crippen molar-refractivity contribution in [2.24, 2.45) is 0 Å². The minimum Gasteiger partial charge on any atom is -0.362 e. The quantitative estimate of drug-likeness (QED) is 0.416. The molecule has 28 heavy (non-hydrogen) atoms. The Morgan fingerprint density at radius 3 is 2.00 bits per heavy atom. The minimum atomic E-state index is -0.626. The average molecular weight is 394 g/mol. The third-order valence-corrected chi connectivity index (χ3v) is 5.89. The molecule has 144 valence electrons. The Labute approximate surface area is 171 Å². The van der Waals surface area contributed by atoms with Crippen LogP contribution in [-0.2, 0) is 15.9 Å². The van der Waals surface area contributed by atoms with Crippen molar-refractivity contribution in [2.45, 2.75) is 31.0 Å².